The molecule has 110 valence electrons. The first-order valence-corrected chi connectivity index (χ1v) is 7.44. The van der Waals surface area contributed by atoms with Gasteiger partial charge in [-0.1, -0.05) is 24.8 Å². The SMILES string of the molecule is C=C(C)C(=O)OCC(O)COP(=O)(O)c1ccccc1. The van der Waals surface area contributed by atoms with Gasteiger partial charge in [0, 0.05) is 5.57 Å². The minimum absolute atomic E-state index is 0.131. The highest BCUT2D eigenvalue weighted by molar-refractivity contribution is 7.61. The summed E-state index contributed by atoms with van der Waals surface area (Å²) in [5.74, 6) is -0.640. The third-order valence-corrected chi connectivity index (χ3v) is 3.73. The van der Waals surface area contributed by atoms with Crippen LogP contribution < -0.4 is 5.30 Å². The lowest BCUT2D eigenvalue weighted by Crippen LogP contribution is -2.24. The number of rotatable bonds is 7. The number of hydrogen-bond donors (Lipinski definition) is 2. The van der Waals surface area contributed by atoms with E-state index in [0.717, 1.165) is 0 Å². The summed E-state index contributed by atoms with van der Waals surface area (Å²) in [7, 11) is -3.98. The van der Waals surface area contributed by atoms with E-state index in [1.807, 2.05) is 0 Å². The van der Waals surface area contributed by atoms with Crippen LogP contribution in [0.4, 0.5) is 0 Å². The first-order valence-electron chi connectivity index (χ1n) is 5.86. The Balaban J connectivity index is 2.44. The highest BCUT2D eigenvalue weighted by Gasteiger charge is 2.24. The molecule has 0 amide bonds. The van der Waals surface area contributed by atoms with Gasteiger partial charge >= 0.3 is 13.6 Å². The number of ether oxygens (including phenoxy) is 1. The van der Waals surface area contributed by atoms with Crippen LogP contribution in [0.15, 0.2) is 42.5 Å². The Morgan fingerprint density at radius 1 is 1.35 bits per heavy atom. The van der Waals surface area contributed by atoms with Crippen LogP contribution in [0.25, 0.3) is 0 Å². The Labute approximate surface area is 117 Å². The summed E-state index contributed by atoms with van der Waals surface area (Å²) < 4.78 is 21.4. The second-order valence-corrected chi connectivity index (χ2v) is 6.00. The number of hydrogen-bond acceptors (Lipinski definition) is 5. The topological polar surface area (TPSA) is 93.1 Å². The van der Waals surface area contributed by atoms with Crippen molar-refractivity contribution in [3.8, 4) is 0 Å². The van der Waals surface area contributed by atoms with E-state index in [2.05, 4.69) is 6.58 Å². The molecule has 1 aromatic carbocycles. The molecule has 0 heterocycles. The van der Waals surface area contributed by atoms with Crippen LogP contribution in [0.5, 0.6) is 0 Å². The van der Waals surface area contributed by atoms with Gasteiger partial charge in [0.15, 0.2) is 0 Å². The fourth-order valence-corrected chi connectivity index (χ4v) is 2.29. The molecule has 1 rings (SSSR count). The molecule has 0 saturated heterocycles. The van der Waals surface area contributed by atoms with E-state index >= 15 is 0 Å². The minimum atomic E-state index is -3.98. The molecule has 0 saturated carbocycles. The summed E-state index contributed by atoms with van der Waals surface area (Å²) in [6.07, 6.45) is -1.19. The van der Waals surface area contributed by atoms with E-state index in [4.69, 9.17) is 9.26 Å². The predicted molar refractivity (Wildman–Crippen MR) is 73.6 cm³/mol. The molecule has 7 heteroatoms. The molecule has 0 aliphatic rings. The van der Waals surface area contributed by atoms with Crippen molar-refractivity contribution in [1.82, 2.24) is 0 Å². The summed E-state index contributed by atoms with van der Waals surface area (Å²) in [5, 5.41) is 9.66. The van der Waals surface area contributed by atoms with Crippen LogP contribution in [0, 0.1) is 0 Å². The molecule has 0 bridgehead atoms. The third-order valence-electron chi connectivity index (χ3n) is 2.28. The molecule has 1 aromatic rings. The Kier molecular flexibility index (Phi) is 6.10. The number of esters is 1. The van der Waals surface area contributed by atoms with Crippen LogP contribution in [0.2, 0.25) is 0 Å². The second kappa shape index (κ2) is 7.36. The Hall–Kier alpha value is -1.46. The zero-order valence-electron chi connectivity index (χ0n) is 11.1. The van der Waals surface area contributed by atoms with Crippen molar-refractivity contribution in [3.63, 3.8) is 0 Å². The molecule has 20 heavy (non-hydrogen) atoms. The van der Waals surface area contributed by atoms with Crippen molar-refractivity contribution in [2.75, 3.05) is 13.2 Å². The van der Waals surface area contributed by atoms with Gasteiger partial charge in [-0.25, -0.2) is 4.79 Å². The maximum Gasteiger partial charge on any atom is 0.358 e. The molecule has 2 atom stereocenters. The van der Waals surface area contributed by atoms with Crippen molar-refractivity contribution in [1.29, 1.82) is 0 Å². The van der Waals surface area contributed by atoms with Crippen LogP contribution in [0.1, 0.15) is 6.92 Å². The standard InChI is InChI=1S/C13H17O6P/c1-10(2)13(15)18-8-11(14)9-19-20(16,17)12-6-4-3-5-7-12/h3-7,11,14H,1,8-9H2,2H3,(H,16,17). The van der Waals surface area contributed by atoms with Gasteiger partial charge in [-0.2, -0.15) is 0 Å². The van der Waals surface area contributed by atoms with E-state index < -0.39 is 26.3 Å². The van der Waals surface area contributed by atoms with Crippen LogP contribution in [0.3, 0.4) is 0 Å². The molecular weight excluding hydrogens is 283 g/mol. The predicted octanol–water partition coefficient (Wildman–Crippen LogP) is 0.994. The minimum Gasteiger partial charge on any atom is -0.460 e. The van der Waals surface area contributed by atoms with E-state index in [1.165, 1.54) is 19.1 Å². The van der Waals surface area contributed by atoms with E-state index in [1.54, 1.807) is 18.2 Å². The monoisotopic (exact) mass is 300 g/mol. The van der Waals surface area contributed by atoms with Crippen molar-refractivity contribution in [3.05, 3.63) is 42.5 Å². The smallest absolute Gasteiger partial charge is 0.358 e. The lowest BCUT2D eigenvalue weighted by atomic mass is 10.3. The van der Waals surface area contributed by atoms with Crippen LogP contribution in [-0.2, 0) is 18.6 Å². The van der Waals surface area contributed by atoms with Gasteiger partial charge in [-0.15, -0.1) is 0 Å². The van der Waals surface area contributed by atoms with Crippen molar-refractivity contribution < 1.29 is 28.6 Å². The first-order chi connectivity index (χ1) is 9.33. The highest BCUT2D eigenvalue weighted by atomic mass is 31.2. The van der Waals surface area contributed by atoms with Gasteiger partial charge in [-0.05, 0) is 19.1 Å². The molecule has 0 spiro atoms. The Morgan fingerprint density at radius 3 is 2.50 bits per heavy atom. The number of carbonyl (C=O) groups excluding carboxylic acids is 1. The van der Waals surface area contributed by atoms with Crippen molar-refractivity contribution in [2.45, 2.75) is 13.0 Å². The van der Waals surface area contributed by atoms with Gasteiger partial charge in [0.05, 0.1) is 11.9 Å². The Bertz CT molecular complexity index is 513. The molecular formula is C13H17O6P. The second-order valence-electron chi connectivity index (χ2n) is 4.18. The summed E-state index contributed by atoms with van der Waals surface area (Å²) in [6, 6.07) is 7.82. The molecule has 0 fully saturated rings. The first kappa shape index (κ1) is 16.6. The zero-order valence-corrected chi connectivity index (χ0v) is 12.0. The van der Waals surface area contributed by atoms with Gasteiger partial charge in [-0.3, -0.25) is 4.57 Å². The number of carbonyl (C=O) groups is 1. The largest absolute Gasteiger partial charge is 0.460 e. The normalized spacial score (nSPS) is 15.2. The van der Waals surface area contributed by atoms with Gasteiger partial charge in [0.2, 0.25) is 0 Å². The lowest BCUT2D eigenvalue weighted by Gasteiger charge is -2.15. The fraction of sp³-hybridized carbons (Fsp3) is 0.308. The number of aliphatic hydroxyl groups is 1. The van der Waals surface area contributed by atoms with Crippen LogP contribution >= 0.6 is 7.60 Å². The maximum atomic E-state index is 11.9. The van der Waals surface area contributed by atoms with Gasteiger partial charge < -0.3 is 19.3 Å². The lowest BCUT2D eigenvalue weighted by molar-refractivity contribution is -0.142. The molecule has 0 radical (unpaired) electrons. The summed E-state index contributed by atoms with van der Waals surface area (Å²) >= 11 is 0. The number of aliphatic hydroxyl groups excluding tert-OH is 1. The van der Waals surface area contributed by atoms with Crippen molar-refractivity contribution in [2.24, 2.45) is 0 Å². The average Bonchev–Trinajstić information content (AvgIpc) is 2.43. The van der Waals surface area contributed by atoms with E-state index in [9.17, 15) is 19.4 Å². The molecule has 2 unspecified atom stereocenters. The maximum absolute atomic E-state index is 11.9. The zero-order chi connectivity index (χ0) is 15.2. The van der Waals surface area contributed by atoms with Crippen molar-refractivity contribution >= 4 is 18.9 Å². The van der Waals surface area contributed by atoms with Gasteiger partial charge in [0.1, 0.15) is 12.7 Å². The average molecular weight is 300 g/mol. The summed E-state index contributed by atoms with van der Waals surface area (Å²) in [5.41, 5.74) is 0.204. The van der Waals surface area contributed by atoms with Gasteiger partial charge in [0.25, 0.3) is 0 Å². The molecule has 2 N–H and O–H groups in total. The summed E-state index contributed by atoms with van der Waals surface area (Å²) in [4.78, 5) is 20.8. The third kappa shape index (κ3) is 5.27. The van der Waals surface area contributed by atoms with E-state index in [0.29, 0.717) is 0 Å². The molecule has 0 aliphatic heterocycles. The summed E-state index contributed by atoms with van der Waals surface area (Å²) in [6.45, 7) is 4.10. The highest BCUT2D eigenvalue weighted by Crippen LogP contribution is 2.40. The number of benzene rings is 1. The van der Waals surface area contributed by atoms with E-state index in [-0.39, 0.29) is 17.5 Å². The fourth-order valence-electron chi connectivity index (χ4n) is 1.22. The van der Waals surface area contributed by atoms with Crippen LogP contribution in [-0.4, -0.2) is 35.3 Å². The molecule has 0 aromatic heterocycles. The Morgan fingerprint density at radius 2 is 1.95 bits per heavy atom. The molecule has 6 nitrogen and oxygen atoms in total. The molecule has 0 aliphatic carbocycles. The quantitative estimate of drug-likeness (QED) is 0.443.